The first-order chi connectivity index (χ1) is 11.1. The number of hydrogen-bond acceptors (Lipinski definition) is 4. The third-order valence-corrected chi connectivity index (χ3v) is 5.38. The molecule has 23 heavy (non-hydrogen) atoms. The van der Waals surface area contributed by atoms with E-state index in [0.29, 0.717) is 11.8 Å². The van der Waals surface area contributed by atoms with Crippen LogP contribution in [0.1, 0.15) is 62.8 Å². The van der Waals surface area contributed by atoms with Crippen molar-refractivity contribution in [2.45, 2.75) is 57.0 Å². The first-order valence-electron chi connectivity index (χ1n) is 8.81. The van der Waals surface area contributed by atoms with Crippen LogP contribution in [0.3, 0.4) is 0 Å². The van der Waals surface area contributed by atoms with E-state index in [-0.39, 0.29) is 5.60 Å². The van der Waals surface area contributed by atoms with E-state index in [9.17, 15) is 0 Å². The van der Waals surface area contributed by atoms with Crippen LogP contribution >= 0.6 is 0 Å². The monoisotopic (exact) mass is 314 g/mol. The van der Waals surface area contributed by atoms with Gasteiger partial charge in [0.05, 0.1) is 17.7 Å². The van der Waals surface area contributed by atoms with Gasteiger partial charge in [0, 0.05) is 12.1 Å². The summed E-state index contributed by atoms with van der Waals surface area (Å²) in [7, 11) is 0. The molecule has 0 radical (unpaired) electrons. The SMILES string of the molecule is CC1(C)CC[C@H](c2nc3nccc(C4CCNCC4)c3[nH]2)CO1. The molecule has 124 valence electrons. The maximum atomic E-state index is 5.99. The average Bonchev–Trinajstić information content (AvgIpc) is 2.99. The average molecular weight is 314 g/mol. The second-order valence-corrected chi connectivity index (χ2v) is 7.55. The van der Waals surface area contributed by atoms with Gasteiger partial charge in [-0.25, -0.2) is 9.97 Å². The van der Waals surface area contributed by atoms with Crippen molar-refractivity contribution in [3.63, 3.8) is 0 Å². The summed E-state index contributed by atoms with van der Waals surface area (Å²) in [6.45, 7) is 7.27. The summed E-state index contributed by atoms with van der Waals surface area (Å²) in [5.74, 6) is 2.01. The number of pyridine rings is 1. The van der Waals surface area contributed by atoms with Crippen molar-refractivity contribution in [1.82, 2.24) is 20.3 Å². The van der Waals surface area contributed by atoms with Crippen LogP contribution < -0.4 is 5.32 Å². The number of fused-ring (bicyclic) bond motifs is 1. The van der Waals surface area contributed by atoms with Crippen LogP contribution in [0, 0.1) is 0 Å². The molecule has 2 aliphatic heterocycles. The molecule has 0 unspecified atom stereocenters. The van der Waals surface area contributed by atoms with Crippen LogP contribution in [0.4, 0.5) is 0 Å². The maximum absolute atomic E-state index is 5.99. The van der Waals surface area contributed by atoms with Crippen molar-refractivity contribution in [2.75, 3.05) is 19.7 Å². The van der Waals surface area contributed by atoms with E-state index in [2.05, 4.69) is 35.2 Å². The first-order valence-corrected chi connectivity index (χ1v) is 8.81. The lowest BCUT2D eigenvalue weighted by molar-refractivity contribution is -0.0620. The summed E-state index contributed by atoms with van der Waals surface area (Å²) in [5.41, 5.74) is 3.38. The number of H-pyrrole nitrogens is 1. The van der Waals surface area contributed by atoms with Crippen molar-refractivity contribution in [3.8, 4) is 0 Å². The molecule has 2 aromatic rings. The summed E-state index contributed by atoms with van der Waals surface area (Å²) in [4.78, 5) is 12.8. The summed E-state index contributed by atoms with van der Waals surface area (Å²) in [5, 5.41) is 3.44. The van der Waals surface area contributed by atoms with Gasteiger partial charge in [-0.05, 0) is 70.2 Å². The van der Waals surface area contributed by atoms with Crippen molar-refractivity contribution in [2.24, 2.45) is 0 Å². The van der Waals surface area contributed by atoms with Crippen LogP contribution in [-0.2, 0) is 4.74 Å². The van der Waals surface area contributed by atoms with Crippen LogP contribution in [0.2, 0.25) is 0 Å². The third-order valence-electron chi connectivity index (χ3n) is 5.38. The molecule has 1 atom stereocenters. The predicted octanol–water partition coefficient (Wildman–Crippen LogP) is 3.10. The Morgan fingerprint density at radius 3 is 2.74 bits per heavy atom. The molecule has 2 aliphatic rings. The quantitative estimate of drug-likeness (QED) is 0.894. The topological polar surface area (TPSA) is 62.8 Å². The molecule has 5 heteroatoms. The molecular formula is C18H26N4O. The van der Waals surface area contributed by atoms with Gasteiger partial charge in [-0.2, -0.15) is 0 Å². The van der Waals surface area contributed by atoms with Crippen molar-refractivity contribution in [3.05, 3.63) is 23.7 Å². The summed E-state index contributed by atoms with van der Waals surface area (Å²) in [6.07, 6.45) is 6.48. The Labute approximate surface area is 137 Å². The number of piperidine rings is 1. The minimum Gasteiger partial charge on any atom is -0.375 e. The molecule has 0 spiro atoms. The van der Waals surface area contributed by atoms with Crippen molar-refractivity contribution >= 4 is 11.2 Å². The second-order valence-electron chi connectivity index (χ2n) is 7.55. The van der Waals surface area contributed by atoms with E-state index in [0.717, 1.165) is 49.5 Å². The van der Waals surface area contributed by atoms with Crippen molar-refractivity contribution < 1.29 is 4.74 Å². The van der Waals surface area contributed by atoms with Crippen molar-refractivity contribution in [1.29, 1.82) is 0 Å². The zero-order chi connectivity index (χ0) is 15.9. The van der Waals surface area contributed by atoms with Gasteiger partial charge in [0.1, 0.15) is 5.82 Å². The molecular weight excluding hydrogens is 288 g/mol. The van der Waals surface area contributed by atoms with Gasteiger partial charge in [-0.1, -0.05) is 0 Å². The molecule has 5 nitrogen and oxygen atoms in total. The van der Waals surface area contributed by atoms with Gasteiger partial charge in [0.2, 0.25) is 0 Å². The summed E-state index contributed by atoms with van der Waals surface area (Å²) in [6, 6.07) is 2.17. The minimum absolute atomic E-state index is 0.00102. The smallest absolute Gasteiger partial charge is 0.177 e. The third kappa shape index (κ3) is 3.00. The number of nitrogens with one attached hydrogen (secondary N) is 2. The number of ether oxygens (including phenoxy) is 1. The highest BCUT2D eigenvalue weighted by molar-refractivity contribution is 5.75. The first kappa shape index (κ1) is 15.1. The van der Waals surface area contributed by atoms with E-state index < -0.39 is 0 Å². The zero-order valence-corrected chi connectivity index (χ0v) is 14.1. The van der Waals surface area contributed by atoms with E-state index in [1.807, 2.05) is 6.20 Å². The molecule has 0 aromatic carbocycles. The van der Waals surface area contributed by atoms with E-state index >= 15 is 0 Å². The Hall–Kier alpha value is -1.46. The maximum Gasteiger partial charge on any atom is 0.177 e. The molecule has 4 rings (SSSR count). The van der Waals surface area contributed by atoms with Crippen LogP contribution in [-0.4, -0.2) is 40.2 Å². The number of hydrogen-bond donors (Lipinski definition) is 2. The molecule has 4 heterocycles. The fourth-order valence-corrected chi connectivity index (χ4v) is 3.83. The molecule has 2 saturated heterocycles. The molecule has 0 aliphatic carbocycles. The van der Waals surface area contributed by atoms with E-state index in [1.165, 1.54) is 18.4 Å². The Bertz CT molecular complexity index is 677. The minimum atomic E-state index is 0.00102. The Morgan fingerprint density at radius 1 is 1.17 bits per heavy atom. The predicted molar refractivity (Wildman–Crippen MR) is 90.7 cm³/mol. The van der Waals surface area contributed by atoms with Gasteiger partial charge >= 0.3 is 0 Å². The Kier molecular flexibility index (Phi) is 3.85. The Balaban J connectivity index is 1.63. The lowest BCUT2D eigenvalue weighted by Crippen LogP contribution is -2.33. The zero-order valence-electron chi connectivity index (χ0n) is 14.1. The van der Waals surface area contributed by atoms with Gasteiger partial charge in [0.15, 0.2) is 5.65 Å². The highest BCUT2D eigenvalue weighted by Gasteiger charge is 2.30. The summed E-state index contributed by atoms with van der Waals surface area (Å²) < 4.78 is 5.99. The molecule has 2 N–H and O–H groups in total. The normalized spacial score (nSPS) is 25.7. The van der Waals surface area contributed by atoms with Gasteiger partial charge < -0.3 is 15.0 Å². The van der Waals surface area contributed by atoms with Gasteiger partial charge in [-0.3, -0.25) is 0 Å². The number of aromatic nitrogens is 3. The van der Waals surface area contributed by atoms with E-state index in [4.69, 9.17) is 9.72 Å². The molecule has 0 amide bonds. The number of rotatable bonds is 2. The van der Waals surface area contributed by atoms with E-state index in [1.54, 1.807) is 0 Å². The molecule has 2 fully saturated rings. The largest absolute Gasteiger partial charge is 0.375 e. The highest BCUT2D eigenvalue weighted by Crippen LogP contribution is 2.34. The standard InChI is InChI=1S/C18H26N4O/c1-18(2)7-3-13(11-23-18)16-21-15-14(6-10-20-17(15)22-16)12-4-8-19-9-5-12/h6,10,12-13,19H,3-5,7-9,11H2,1-2H3,(H,20,21,22)/t13-/m0/s1. The summed E-state index contributed by atoms with van der Waals surface area (Å²) >= 11 is 0. The lowest BCUT2D eigenvalue weighted by atomic mass is 9.90. The fourth-order valence-electron chi connectivity index (χ4n) is 3.83. The highest BCUT2D eigenvalue weighted by atomic mass is 16.5. The van der Waals surface area contributed by atoms with Crippen LogP contribution in [0.15, 0.2) is 12.3 Å². The molecule has 0 saturated carbocycles. The molecule has 2 aromatic heterocycles. The van der Waals surface area contributed by atoms with Gasteiger partial charge in [0.25, 0.3) is 0 Å². The van der Waals surface area contributed by atoms with Crippen LogP contribution in [0.25, 0.3) is 11.2 Å². The lowest BCUT2D eigenvalue weighted by Gasteiger charge is -2.33. The fraction of sp³-hybridized carbons (Fsp3) is 0.667. The molecule has 0 bridgehead atoms. The Morgan fingerprint density at radius 2 is 2.00 bits per heavy atom. The van der Waals surface area contributed by atoms with Gasteiger partial charge in [-0.15, -0.1) is 0 Å². The number of nitrogens with zero attached hydrogens (tertiary/aromatic N) is 2. The second kappa shape index (κ2) is 5.87. The number of aromatic amines is 1. The van der Waals surface area contributed by atoms with Crippen LogP contribution in [0.5, 0.6) is 0 Å². The number of imidazole rings is 1.